The average Bonchev–Trinajstić information content (AvgIpc) is 2.73. The van der Waals surface area contributed by atoms with Crippen LogP contribution in [0.15, 0.2) is 66.2 Å². The fraction of sp³-hybridized carbons (Fsp3) is 0.0435. The average molecular weight is 457 g/mol. The van der Waals surface area contributed by atoms with Crippen molar-refractivity contribution in [3.8, 4) is 17.6 Å². The first-order valence-electron chi connectivity index (χ1n) is 8.94. The fourth-order valence-electron chi connectivity index (χ4n) is 2.64. The van der Waals surface area contributed by atoms with Gasteiger partial charge in [0, 0.05) is 5.69 Å². The van der Waals surface area contributed by atoms with Crippen LogP contribution in [0.1, 0.15) is 11.1 Å². The summed E-state index contributed by atoms with van der Waals surface area (Å²) >= 11 is 12.5. The molecule has 0 aliphatic carbocycles. The topological polar surface area (TPSA) is 82.3 Å². The van der Waals surface area contributed by atoms with Crippen LogP contribution in [-0.2, 0) is 11.4 Å². The van der Waals surface area contributed by atoms with Gasteiger partial charge < -0.3 is 15.2 Å². The Kier molecular flexibility index (Phi) is 7.14. The van der Waals surface area contributed by atoms with Gasteiger partial charge in [-0.2, -0.15) is 5.26 Å². The third-order valence-electron chi connectivity index (χ3n) is 4.09. The molecule has 3 rings (SSSR count). The van der Waals surface area contributed by atoms with E-state index in [0.717, 1.165) is 0 Å². The molecule has 0 aliphatic heterocycles. The zero-order valence-electron chi connectivity index (χ0n) is 15.9. The van der Waals surface area contributed by atoms with Crippen molar-refractivity contribution in [2.24, 2.45) is 0 Å². The number of nitrogens with zero attached hydrogens (tertiary/aromatic N) is 1. The Morgan fingerprint density at radius 2 is 1.81 bits per heavy atom. The number of carbonyl (C=O) groups is 1. The van der Waals surface area contributed by atoms with E-state index in [-0.39, 0.29) is 39.5 Å². The van der Waals surface area contributed by atoms with Gasteiger partial charge >= 0.3 is 0 Å². The van der Waals surface area contributed by atoms with Gasteiger partial charge in [0.25, 0.3) is 5.91 Å². The second-order valence-electron chi connectivity index (χ2n) is 6.40. The van der Waals surface area contributed by atoms with Crippen molar-refractivity contribution in [3.63, 3.8) is 0 Å². The van der Waals surface area contributed by atoms with Gasteiger partial charge in [-0.1, -0.05) is 35.3 Å². The lowest BCUT2D eigenvalue weighted by Crippen LogP contribution is -2.13. The summed E-state index contributed by atoms with van der Waals surface area (Å²) in [5.74, 6) is -0.755. The standard InChI is InChI=1S/C23H15Cl2FN2O3/c24-20-10-15(8-16(12-27)23(30)28-18-4-6-19(29)7-5-18)11-21(25)22(20)31-13-14-2-1-3-17(26)9-14/h1-11,29H,13H2,(H,28,30)/b16-8+. The van der Waals surface area contributed by atoms with Crippen LogP contribution in [0.5, 0.6) is 11.5 Å². The van der Waals surface area contributed by atoms with Crippen molar-refractivity contribution in [1.82, 2.24) is 0 Å². The number of carbonyl (C=O) groups excluding carboxylic acids is 1. The summed E-state index contributed by atoms with van der Waals surface area (Å²) in [5, 5.41) is 21.6. The Bertz CT molecular complexity index is 1170. The SMILES string of the molecule is N#C/C(=C\c1cc(Cl)c(OCc2cccc(F)c2)c(Cl)c1)C(=O)Nc1ccc(O)cc1. The minimum Gasteiger partial charge on any atom is -0.508 e. The summed E-state index contributed by atoms with van der Waals surface area (Å²) < 4.78 is 18.9. The quantitative estimate of drug-likeness (QED) is 0.272. The van der Waals surface area contributed by atoms with Crippen LogP contribution in [-0.4, -0.2) is 11.0 Å². The first-order valence-corrected chi connectivity index (χ1v) is 9.70. The lowest BCUT2D eigenvalue weighted by Gasteiger charge is -2.11. The number of phenolic OH excluding ortho intramolecular Hbond substituents is 1. The van der Waals surface area contributed by atoms with Crippen LogP contribution in [0.25, 0.3) is 6.08 Å². The molecule has 0 fully saturated rings. The molecule has 0 saturated heterocycles. The van der Waals surface area contributed by atoms with E-state index in [1.807, 2.05) is 6.07 Å². The summed E-state index contributed by atoms with van der Waals surface area (Å²) in [7, 11) is 0. The van der Waals surface area contributed by atoms with E-state index < -0.39 is 5.91 Å². The van der Waals surface area contributed by atoms with E-state index in [4.69, 9.17) is 27.9 Å². The van der Waals surface area contributed by atoms with E-state index in [1.165, 1.54) is 54.6 Å². The van der Waals surface area contributed by atoms with Gasteiger partial charge in [-0.15, -0.1) is 0 Å². The van der Waals surface area contributed by atoms with Crippen LogP contribution in [0.2, 0.25) is 10.0 Å². The number of aromatic hydroxyl groups is 1. The molecule has 0 bridgehead atoms. The van der Waals surface area contributed by atoms with Crippen molar-refractivity contribution in [2.45, 2.75) is 6.61 Å². The molecule has 3 aromatic rings. The van der Waals surface area contributed by atoms with E-state index in [9.17, 15) is 19.6 Å². The number of halogens is 3. The van der Waals surface area contributed by atoms with Crippen molar-refractivity contribution < 1.29 is 19.0 Å². The van der Waals surface area contributed by atoms with Gasteiger partial charge in [-0.25, -0.2) is 4.39 Å². The molecule has 0 saturated carbocycles. The fourth-order valence-corrected chi connectivity index (χ4v) is 3.25. The number of nitrogens with one attached hydrogen (secondary N) is 1. The Morgan fingerprint density at radius 3 is 2.42 bits per heavy atom. The van der Waals surface area contributed by atoms with Gasteiger partial charge in [0.15, 0.2) is 5.75 Å². The molecule has 0 radical (unpaired) electrons. The predicted octanol–water partition coefficient (Wildman–Crippen LogP) is 5.96. The summed E-state index contributed by atoms with van der Waals surface area (Å²) in [4.78, 5) is 12.4. The van der Waals surface area contributed by atoms with Crippen LogP contribution >= 0.6 is 23.2 Å². The molecule has 0 aliphatic rings. The van der Waals surface area contributed by atoms with E-state index >= 15 is 0 Å². The van der Waals surface area contributed by atoms with Gasteiger partial charge in [0.1, 0.15) is 29.8 Å². The normalized spacial score (nSPS) is 11.0. The molecule has 3 aromatic carbocycles. The minimum atomic E-state index is -0.633. The molecule has 0 unspecified atom stereocenters. The molecule has 156 valence electrons. The smallest absolute Gasteiger partial charge is 0.266 e. The number of hydrogen-bond donors (Lipinski definition) is 2. The lowest BCUT2D eigenvalue weighted by atomic mass is 10.1. The summed E-state index contributed by atoms with van der Waals surface area (Å²) in [6, 6.07) is 16.6. The Labute approximate surface area is 187 Å². The molecule has 8 heteroatoms. The number of nitriles is 1. The maximum absolute atomic E-state index is 13.3. The Morgan fingerprint density at radius 1 is 1.13 bits per heavy atom. The van der Waals surface area contributed by atoms with Crippen molar-refractivity contribution in [1.29, 1.82) is 5.26 Å². The highest BCUT2D eigenvalue weighted by Gasteiger charge is 2.13. The lowest BCUT2D eigenvalue weighted by molar-refractivity contribution is -0.112. The van der Waals surface area contributed by atoms with Gasteiger partial charge in [0.2, 0.25) is 0 Å². The molecule has 0 spiro atoms. The highest BCUT2D eigenvalue weighted by atomic mass is 35.5. The van der Waals surface area contributed by atoms with Crippen LogP contribution in [0, 0.1) is 17.1 Å². The molecule has 31 heavy (non-hydrogen) atoms. The van der Waals surface area contributed by atoms with Crippen molar-refractivity contribution in [2.75, 3.05) is 5.32 Å². The van der Waals surface area contributed by atoms with Crippen LogP contribution in [0.3, 0.4) is 0 Å². The molecule has 0 heterocycles. The minimum absolute atomic E-state index is 0.0537. The Hall–Kier alpha value is -3.53. The van der Waals surface area contributed by atoms with Crippen molar-refractivity contribution >= 4 is 40.9 Å². The molecule has 2 N–H and O–H groups in total. The van der Waals surface area contributed by atoms with Gasteiger partial charge in [-0.05, 0) is 65.7 Å². The summed E-state index contributed by atoms with van der Waals surface area (Å²) in [6.07, 6.45) is 1.34. The largest absolute Gasteiger partial charge is 0.508 e. The first-order chi connectivity index (χ1) is 14.9. The van der Waals surface area contributed by atoms with Gasteiger partial charge in [0.05, 0.1) is 10.0 Å². The highest BCUT2D eigenvalue weighted by molar-refractivity contribution is 6.37. The number of amides is 1. The second kappa shape index (κ2) is 9.98. The van der Waals surface area contributed by atoms with Crippen LogP contribution < -0.4 is 10.1 Å². The summed E-state index contributed by atoms with van der Waals surface area (Å²) in [5.41, 5.74) is 1.27. The second-order valence-corrected chi connectivity index (χ2v) is 7.22. The number of ether oxygens (including phenoxy) is 1. The van der Waals surface area contributed by atoms with E-state index in [2.05, 4.69) is 5.32 Å². The molecular weight excluding hydrogens is 442 g/mol. The van der Waals surface area contributed by atoms with E-state index in [1.54, 1.807) is 12.1 Å². The number of hydrogen-bond acceptors (Lipinski definition) is 4. The number of benzene rings is 3. The first kappa shape index (κ1) is 22.2. The predicted molar refractivity (Wildman–Crippen MR) is 118 cm³/mol. The number of anilines is 1. The third-order valence-corrected chi connectivity index (χ3v) is 4.66. The van der Waals surface area contributed by atoms with Crippen LogP contribution in [0.4, 0.5) is 10.1 Å². The molecule has 5 nitrogen and oxygen atoms in total. The zero-order valence-corrected chi connectivity index (χ0v) is 17.4. The monoisotopic (exact) mass is 456 g/mol. The molecule has 0 atom stereocenters. The van der Waals surface area contributed by atoms with Gasteiger partial charge in [-0.3, -0.25) is 4.79 Å². The third kappa shape index (κ3) is 5.98. The zero-order chi connectivity index (χ0) is 22.4. The highest BCUT2D eigenvalue weighted by Crippen LogP contribution is 2.35. The number of rotatable bonds is 6. The van der Waals surface area contributed by atoms with E-state index in [0.29, 0.717) is 16.8 Å². The molecule has 0 aromatic heterocycles. The maximum atomic E-state index is 13.3. The maximum Gasteiger partial charge on any atom is 0.266 e. The molecule has 1 amide bonds. The Balaban J connectivity index is 1.76. The number of phenols is 1. The summed E-state index contributed by atoms with van der Waals surface area (Å²) in [6.45, 7) is 0.0604. The molecular formula is C23H15Cl2FN2O3. The van der Waals surface area contributed by atoms with Crippen molar-refractivity contribution in [3.05, 3.63) is 93.2 Å².